The van der Waals surface area contributed by atoms with Gasteiger partial charge in [-0.05, 0) is 18.8 Å². The summed E-state index contributed by atoms with van der Waals surface area (Å²) in [5.74, 6) is 0.549. The van der Waals surface area contributed by atoms with Crippen molar-refractivity contribution in [2.45, 2.75) is 33.1 Å². The van der Waals surface area contributed by atoms with Gasteiger partial charge in [0.05, 0.1) is 0 Å². The van der Waals surface area contributed by atoms with E-state index in [1.165, 1.54) is 0 Å². The molecule has 0 aromatic heterocycles. The van der Waals surface area contributed by atoms with Crippen molar-refractivity contribution in [1.82, 2.24) is 0 Å². The van der Waals surface area contributed by atoms with Crippen LogP contribution in [0.15, 0.2) is 24.3 Å². The zero-order valence-electron chi connectivity index (χ0n) is 7.99. The lowest BCUT2D eigenvalue weighted by Crippen LogP contribution is -1.85. The van der Waals surface area contributed by atoms with Crippen LogP contribution in [0.2, 0.25) is 0 Å². The van der Waals surface area contributed by atoms with Crippen molar-refractivity contribution < 1.29 is 4.79 Å². The molecular weight excluding hydrogens is 148 g/mol. The Labute approximate surface area is 75.2 Å². The number of carbonyl (C=O) groups is 1. The molecule has 0 N–H and O–H groups in total. The molecule has 0 aliphatic rings. The van der Waals surface area contributed by atoms with Crippen LogP contribution in [0.25, 0.3) is 0 Å². The summed E-state index contributed by atoms with van der Waals surface area (Å²) >= 11 is 0. The maximum Gasteiger partial charge on any atom is 0.123 e. The van der Waals surface area contributed by atoms with E-state index in [4.69, 9.17) is 0 Å². The Bertz CT molecular complexity index is 156. The zero-order valence-corrected chi connectivity index (χ0v) is 7.99. The van der Waals surface area contributed by atoms with Gasteiger partial charge in [-0.3, -0.25) is 0 Å². The molecule has 0 aromatic carbocycles. The monoisotopic (exact) mass is 166 g/mol. The van der Waals surface area contributed by atoms with E-state index >= 15 is 0 Å². The third-order valence-corrected chi connectivity index (χ3v) is 1.61. The van der Waals surface area contributed by atoms with Crippen molar-refractivity contribution in [3.63, 3.8) is 0 Å². The summed E-state index contributed by atoms with van der Waals surface area (Å²) in [6.07, 6.45) is 12.0. The minimum Gasteiger partial charge on any atom is -0.303 e. The van der Waals surface area contributed by atoms with E-state index in [9.17, 15) is 4.79 Å². The van der Waals surface area contributed by atoms with Crippen LogP contribution in [-0.4, -0.2) is 6.29 Å². The highest BCUT2D eigenvalue weighted by molar-refractivity contribution is 5.51. The van der Waals surface area contributed by atoms with Crippen LogP contribution in [0, 0.1) is 5.92 Å². The van der Waals surface area contributed by atoms with Gasteiger partial charge in [0.15, 0.2) is 0 Å². The molecule has 68 valence electrons. The van der Waals surface area contributed by atoms with Crippen molar-refractivity contribution in [2.24, 2.45) is 5.92 Å². The molecule has 1 atom stereocenters. The molecule has 0 spiro atoms. The van der Waals surface area contributed by atoms with Gasteiger partial charge in [-0.25, -0.2) is 0 Å². The molecule has 0 amide bonds. The molecule has 1 unspecified atom stereocenters. The van der Waals surface area contributed by atoms with Crippen molar-refractivity contribution in [3.8, 4) is 0 Å². The summed E-state index contributed by atoms with van der Waals surface area (Å²) in [4.78, 5) is 9.98. The van der Waals surface area contributed by atoms with Gasteiger partial charge in [0, 0.05) is 6.42 Å². The smallest absolute Gasteiger partial charge is 0.123 e. The highest BCUT2D eigenvalue weighted by atomic mass is 16.1. The molecule has 0 fully saturated rings. The van der Waals surface area contributed by atoms with Gasteiger partial charge in [0.25, 0.3) is 0 Å². The van der Waals surface area contributed by atoms with Gasteiger partial charge in [0.2, 0.25) is 0 Å². The minimum atomic E-state index is 0.543. The molecule has 0 rings (SSSR count). The number of aldehydes is 1. The van der Waals surface area contributed by atoms with Crippen molar-refractivity contribution in [3.05, 3.63) is 24.3 Å². The summed E-state index contributed by atoms with van der Waals surface area (Å²) in [5, 5.41) is 0. The van der Waals surface area contributed by atoms with Gasteiger partial charge in [-0.15, -0.1) is 0 Å². The van der Waals surface area contributed by atoms with Crippen LogP contribution in [0.4, 0.5) is 0 Å². The first-order chi connectivity index (χ1) is 5.81. The maximum absolute atomic E-state index is 9.98. The normalized spacial score (nSPS) is 14.2. The first kappa shape index (κ1) is 11.2. The van der Waals surface area contributed by atoms with E-state index in [0.717, 1.165) is 19.1 Å². The number of allylic oxidation sites excluding steroid dienone is 4. The van der Waals surface area contributed by atoms with Gasteiger partial charge >= 0.3 is 0 Å². The van der Waals surface area contributed by atoms with Crippen molar-refractivity contribution in [2.75, 3.05) is 0 Å². The van der Waals surface area contributed by atoms with E-state index in [1.807, 2.05) is 6.08 Å². The molecule has 0 heterocycles. The fourth-order valence-corrected chi connectivity index (χ4v) is 0.923. The lowest BCUT2D eigenvalue weighted by molar-refractivity contribution is -0.107. The molecule has 0 radical (unpaired) electrons. The van der Waals surface area contributed by atoms with Gasteiger partial charge in [0.1, 0.15) is 6.29 Å². The Balaban J connectivity index is 3.50. The Morgan fingerprint density at radius 2 is 2.00 bits per heavy atom. The summed E-state index contributed by atoms with van der Waals surface area (Å²) in [6, 6.07) is 0. The fraction of sp³-hybridized carbons (Fsp3) is 0.545. The van der Waals surface area contributed by atoms with E-state index in [1.54, 1.807) is 0 Å². The molecule has 1 nitrogen and oxygen atoms in total. The number of carbonyl (C=O) groups excluding carboxylic acids is 1. The number of rotatable bonds is 6. The van der Waals surface area contributed by atoms with E-state index in [-0.39, 0.29) is 0 Å². The molecule has 12 heavy (non-hydrogen) atoms. The number of hydrogen-bond acceptors (Lipinski definition) is 1. The summed E-state index contributed by atoms with van der Waals surface area (Å²) < 4.78 is 0. The van der Waals surface area contributed by atoms with Crippen molar-refractivity contribution >= 4 is 6.29 Å². The molecule has 0 aliphatic heterocycles. The standard InChI is InChI=1S/C11H18O/c1-3-4-5-8-11(2)9-6-7-10-12/h4-6,9-11H,3,7-8H2,1-2H3. The van der Waals surface area contributed by atoms with Gasteiger partial charge in [-0.1, -0.05) is 38.2 Å². The first-order valence-electron chi connectivity index (χ1n) is 4.56. The third-order valence-electron chi connectivity index (χ3n) is 1.61. The topological polar surface area (TPSA) is 17.1 Å². The molecule has 1 heteroatoms. The Morgan fingerprint density at radius 1 is 1.25 bits per heavy atom. The highest BCUT2D eigenvalue weighted by Crippen LogP contribution is 2.05. The largest absolute Gasteiger partial charge is 0.303 e. The summed E-state index contributed by atoms with van der Waals surface area (Å²) in [6.45, 7) is 4.28. The van der Waals surface area contributed by atoms with E-state index in [0.29, 0.717) is 12.3 Å². The SMILES string of the molecule is CCC=CCC(C)C=CCC=O. The summed E-state index contributed by atoms with van der Waals surface area (Å²) in [5.41, 5.74) is 0. The fourth-order valence-electron chi connectivity index (χ4n) is 0.923. The van der Waals surface area contributed by atoms with Crippen LogP contribution >= 0.6 is 0 Å². The lowest BCUT2D eigenvalue weighted by Gasteiger charge is -1.99. The predicted octanol–water partition coefficient (Wildman–Crippen LogP) is 3.12. The second kappa shape index (κ2) is 8.25. The van der Waals surface area contributed by atoms with Gasteiger partial charge < -0.3 is 4.79 Å². The van der Waals surface area contributed by atoms with Gasteiger partial charge in [-0.2, -0.15) is 0 Å². The Kier molecular flexibility index (Phi) is 7.66. The molecule has 0 saturated heterocycles. The molecule has 0 aromatic rings. The molecular formula is C11H18O. The van der Waals surface area contributed by atoms with Crippen molar-refractivity contribution in [1.29, 1.82) is 0 Å². The van der Waals surface area contributed by atoms with E-state index < -0.39 is 0 Å². The van der Waals surface area contributed by atoms with Crippen LogP contribution in [-0.2, 0) is 4.79 Å². The lowest BCUT2D eigenvalue weighted by atomic mass is 10.1. The quantitative estimate of drug-likeness (QED) is 0.437. The van der Waals surface area contributed by atoms with Crippen LogP contribution in [0.1, 0.15) is 33.1 Å². The Morgan fingerprint density at radius 3 is 2.58 bits per heavy atom. The average molecular weight is 166 g/mol. The third kappa shape index (κ3) is 7.26. The maximum atomic E-state index is 9.98. The zero-order chi connectivity index (χ0) is 9.23. The minimum absolute atomic E-state index is 0.543. The first-order valence-corrected chi connectivity index (χ1v) is 4.56. The molecule has 0 bridgehead atoms. The van der Waals surface area contributed by atoms with E-state index in [2.05, 4.69) is 32.1 Å². The highest BCUT2D eigenvalue weighted by Gasteiger charge is 1.90. The molecule has 0 aliphatic carbocycles. The average Bonchev–Trinajstić information content (AvgIpc) is 2.06. The van der Waals surface area contributed by atoms with Crippen LogP contribution in [0.3, 0.4) is 0 Å². The van der Waals surface area contributed by atoms with Crippen LogP contribution < -0.4 is 0 Å². The summed E-state index contributed by atoms with van der Waals surface area (Å²) in [7, 11) is 0. The Hall–Kier alpha value is -0.850. The molecule has 0 saturated carbocycles. The van der Waals surface area contributed by atoms with Crippen LogP contribution in [0.5, 0.6) is 0 Å². The number of hydrogen-bond donors (Lipinski definition) is 0. The predicted molar refractivity (Wildman–Crippen MR) is 53.0 cm³/mol. The second-order valence-corrected chi connectivity index (χ2v) is 2.92. The second-order valence-electron chi connectivity index (χ2n) is 2.92.